The molecule has 1 fully saturated rings. The molecule has 1 saturated heterocycles. The molecule has 7 heteroatoms. The second-order valence-electron chi connectivity index (χ2n) is 6.43. The van der Waals surface area contributed by atoms with Gasteiger partial charge in [-0.15, -0.1) is 0 Å². The Labute approximate surface area is 152 Å². The van der Waals surface area contributed by atoms with Crippen molar-refractivity contribution in [1.82, 2.24) is 9.80 Å². The maximum Gasteiger partial charge on any atom is 0.328 e. The average molecular weight is 364 g/mol. The van der Waals surface area contributed by atoms with E-state index in [0.29, 0.717) is 12.3 Å². The monoisotopic (exact) mass is 364 g/mol. The van der Waals surface area contributed by atoms with Crippen molar-refractivity contribution >= 4 is 29.7 Å². The number of thioether (sulfide) groups is 1. The van der Waals surface area contributed by atoms with Crippen LogP contribution in [0.15, 0.2) is 30.3 Å². The fourth-order valence-corrected chi connectivity index (χ4v) is 3.56. The Morgan fingerprint density at radius 2 is 1.88 bits per heavy atom. The summed E-state index contributed by atoms with van der Waals surface area (Å²) in [5.74, 6) is -1.08. The molecule has 0 aromatic heterocycles. The van der Waals surface area contributed by atoms with Gasteiger partial charge in [0, 0.05) is 6.54 Å². The van der Waals surface area contributed by atoms with Gasteiger partial charge in [-0.25, -0.2) is 14.5 Å². The van der Waals surface area contributed by atoms with Crippen molar-refractivity contribution in [3.05, 3.63) is 35.9 Å². The molecule has 25 heavy (non-hydrogen) atoms. The first-order valence-electron chi connectivity index (χ1n) is 8.27. The fraction of sp³-hybridized carbons (Fsp3) is 0.500. The van der Waals surface area contributed by atoms with Crippen LogP contribution < -0.4 is 0 Å². The third-order valence-electron chi connectivity index (χ3n) is 4.30. The standard InChI is InChI=1S/C18H24N2O4S/c1-12(2)15-16(21)20(14(17(22)23)9-10-25-3)18(24)19(15)11-13-7-5-4-6-8-13/h4-8,12,14-15H,9-11H2,1-3H3,(H,22,23). The smallest absolute Gasteiger partial charge is 0.328 e. The normalized spacial score (nSPS) is 19.0. The Kier molecular flexibility index (Phi) is 6.47. The van der Waals surface area contributed by atoms with Gasteiger partial charge < -0.3 is 10.0 Å². The molecule has 1 aliphatic heterocycles. The lowest BCUT2D eigenvalue weighted by molar-refractivity contribution is -0.147. The van der Waals surface area contributed by atoms with Crippen LogP contribution >= 0.6 is 11.8 Å². The van der Waals surface area contributed by atoms with Crippen molar-refractivity contribution in [1.29, 1.82) is 0 Å². The van der Waals surface area contributed by atoms with Crippen LogP contribution in [-0.2, 0) is 16.1 Å². The van der Waals surface area contributed by atoms with Gasteiger partial charge >= 0.3 is 12.0 Å². The van der Waals surface area contributed by atoms with E-state index in [4.69, 9.17) is 0 Å². The minimum absolute atomic E-state index is 0.0971. The van der Waals surface area contributed by atoms with Crippen LogP contribution in [0.4, 0.5) is 4.79 Å². The molecule has 2 atom stereocenters. The molecule has 0 radical (unpaired) electrons. The van der Waals surface area contributed by atoms with E-state index in [1.807, 2.05) is 50.4 Å². The van der Waals surface area contributed by atoms with E-state index in [1.54, 1.807) is 0 Å². The van der Waals surface area contributed by atoms with Crippen LogP contribution in [0.5, 0.6) is 0 Å². The number of benzene rings is 1. The van der Waals surface area contributed by atoms with Gasteiger partial charge in [-0.2, -0.15) is 11.8 Å². The van der Waals surface area contributed by atoms with Crippen molar-refractivity contribution in [2.24, 2.45) is 5.92 Å². The largest absolute Gasteiger partial charge is 0.480 e. The number of carbonyl (C=O) groups excluding carboxylic acids is 2. The average Bonchev–Trinajstić information content (AvgIpc) is 2.80. The highest BCUT2D eigenvalue weighted by atomic mass is 32.2. The van der Waals surface area contributed by atoms with Gasteiger partial charge in [-0.3, -0.25) is 4.79 Å². The maximum atomic E-state index is 12.9. The number of urea groups is 1. The van der Waals surface area contributed by atoms with Crippen molar-refractivity contribution in [3.63, 3.8) is 0 Å². The molecule has 0 bridgehead atoms. The number of imide groups is 1. The Morgan fingerprint density at radius 1 is 1.24 bits per heavy atom. The fourth-order valence-electron chi connectivity index (χ4n) is 3.10. The summed E-state index contributed by atoms with van der Waals surface area (Å²) >= 11 is 1.49. The third-order valence-corrected chi connectivity index (χ3v) is 4.94. The van der Waals surface area contributed by atoms with Gasteiger partial charge in [0.25, 0.3) is 5.91 Å². The molecule has 1 aliphatic rings. The molecule has 1 aromatic carbocycles. The van der Waals surface area contributed by atoms with E-state index in [1.165, 1.54) is 16.7 Å². The Morgan fingerprint density at radius 3 is 2.40 bits per heavy atom. The summed E-state index contributed by atoms with van der Waals surface area (Å²) in [7, 11) is 0. The molecule has 2 rings (SSSR count). The predicted molar refractivity (Wildman–Crippen MR) is 97.3 cm³/mol. The Bertz CT molecular complexity index is 635. The molecule has 1 N–H and O–H groups in total. The highest BCUT2D eigenvalue weighted by molar-refractivity contribution is 7.98. The van der Waals surface area contributed by atoms with Crippen LogP contribution in [0.2, 0.25) is 0 Å². The number of carbonyl (C=O) groups is 3. The molecule has 2 unspecified atom stereocenters. The number of carboxylic acid groups (broad SMARTS) is 1. The summed E-state index contributed by atoms with van der Waals surface area (Å²) in [6.07, 6.45) is 2.11. The van der Waals surface area contributed by atoms with E-state index in [2.05, 4.69) is 0 Å². The van der Waals surface area contributed by atoms with Crippen LogP contribution in [-0.4, -0.2) is 56.9 Å². The number of nitrogens with zero attached hydrogens (tertiary/aromatic N) is 2. The van der Waals surface area contributed by atoms with E-state index >= 15 is 0 Å². The summed E-state index contributed by atoms with van der Waals surface area (Å²) in [5, 5.41) is 9.52. The number of carboxylic acids is 1. The lowest BCUT2D eigenvalue weighted by atomic mass is 10.0. The molecule has 0 saturated carbocycles. The minimum Gasteiger partial charge on any atom is -0.480 e. The molecule has 1 aromatic rings. The number of hydrogen-bond acceptors (Lipinski definition) is 4. The zero-order chi connectivity index (χ0) is 18.6. The van der Waals surface area contributed by atoms with E-state index in [0.717, 1.165) is 10.5 Å². The van der Waals surface area contributed by atoms with Crippen LogP contribution in [0.3, 0.4) is 0 Å². The summed E-state index contributed by atoms with van der Waals surface area (Å²) < 4.78 is 0. The van der Waals surface area contributed by atoms with Gasteiger partial charge in [0.1, 0.15) is 12.1 Å². The Balaban J connectivity index is 2.32. The first kappa shape index (κ1) is 19.3. The third kappa shape index (κ3) is 4.15. The van der Waals surface area contributed by atoms with E-state index in [9.17, 15) is 19.5 Å². The van der Waals surface area contributed by atoms with Crippen molar-refractivity contribution in [2.45, 2.75) is 38.9 Å². The highest BCUT2D eigenvalue weighted by Gasteiger charge is 2.50. The second kappa shape index (κ2) is 8.38. The van der Waals surface area contributed by atoms with E-state index < -0.39 is 30.0 Å². The highest BCUT2D eigenvalue weighted by Crippen LogP contribution is 2.28. The number of aliphatic carboxylic acids is 1. The van der Waals surface area contributed by atoms with Gasteiger partial charge in [0.2, 0.25) is 0 Å². The zero-order valence-electron chi connectivity index (χ0n) is 14.7. The lowest BCUT2D eigenvalue weighted by Crippen LogP contribution is -2.46. The topological polar surface area (TPSA) is 77.9 Å². The SMILES string of the molecule is CSCCC(C(=O)O)N1C(=O)C(C(C)C)N(Cc2ccccc2)C1=O. The van der Waals surface area contributed by atoms with Crippen LogP contribution in [0.25, 0.3) is 0 Å². The molecular formula is C18H24N2O4S. The summed E-state index contributed by atoms with van der Waals surface area (Å²) in [6, 6.07) is 7.14. The van der Waals surface area contributed by atoms with Crippen molar-refractivity contribution in [3.8, 4) is 0 Å². The molecule has 6 nitrogen and oxygen atoms in total. The maximum absolute atomic E-state index is 12.9. The van der Waals surface area contributed by atoms with Gasteiger partial charge in [-0.05, 0) is 29.9 Å². The number of hydrogen-bond donors (Lipinski definition) is 1. The second-order valence-corrected chi connectivity index (χ2v) is 7.41. The molecule has 3 amide bonds. The molecule has 1 heterocycles. The zero-order valence-corrected chi connectivity index (χ0v) is 15.5. The quantitative estimate of drug-likeness (QED) is 0.718. The number of rotatable bonds is 8. The molecule has 0 spiro atoms. The van der Waals surface area contributed by atoms with E-state index in [-0.39, 0.29) is 12.3 Å². The predicted octanol–water partition coefficient (Wildman–Crippen LogP) is 2.68. The Hall–Kier alpha value is -2.02. The van der Waals surface area contributed by atoms with Crippen LogP contribution in [0, 0.1) is 5.92 Å². The van der Waals surface area contributed by atoms with Crippen molar-refractivity contribution in [2.75, 3.05) is 12.0 Å². The van der Waals surface area contributed by atoms with Gasteiger partial charge in [-0.1, -0.05) is 44.2 Å². The molecule has 136 valence electrons. The summed E-state index contributed by atoms with van der Waals surface area (Å²) in [5.41, 5.74) is 0.909. The first-order valence-corrected chi connectivity index (χ1v) is 9.67. The molecular weight excluding hydrogens is 340 g/mol. The van der Waals surface area contributed by atoms with Crippen molar-refractivity contribution < 1.29 is 19.5 Å². The lowest BCUT2D eigenvalue weighted by Gasteiger charge is -2.24. The number of amides is 3. The van der Waals surface area contributed by atoms with Gasteiger partial charge in [0.05, 0.1) is 0 Å². The first-order chi connectivity index (χ1) is 11.9. The van der Waals surface area contributed by atoms with Crippen LogP contribution in [0.1, 0.15) is 25.8 Å². The minimum atomic E-state index is -1.14. The summed E-state index contributed by atoms with van der Waals surface area (Å²) in [4.78, 5) is 39.9. The van der Waals surface area contributed by atoms with Gasteiger partial charge in [0.15, 0.2) is 0 Å². The summed E-state index contributed by atoms with van der Waals surface area (Å²) in [6.45, 7) is 4.03. The molecule has 0 aliphatic carbocycles.